The molecule has 4 rings (SSSR count). The Morgan fingerprint density at radius 2 is 1.78 bits per heavy atom. The van der Waals surface area contributed by atoms with Crippen molar-refractivity contribution in [3.8, 4) is 0 Å². The first-order chi connectivity index (χ1) is 11.3. The summed E-state index contributed by atoms with van der Waals surface area (Å²) in [5.41, 5.74) is 2.82. The van der Waals surface area contributed by atoms with E-state index in [1.807, 2.05) is 0 Å². The van der Waals surface area contributed by atoms with Crippen LogP contribution in [0.2, 0.25) is 0 Å². The van der Waals surface area contributed by atoms with Crippen LogP contribution in [0.1, 0.15) is 31.2 Å². The molecule has 4 heteroatoms. The minimum Gasteiger partial charge on any atom is -0.382 e. The Morgan fingerprint density at radius 3 is 2.52 bits per heavy atom. The van der Waals surface area contributed by atoms with Gasteiger partial charge in [0.15, 0.2) is 0 Å². The summed E-state index contributed by atoms with van der Waals surface area (Å²) >= 11 is 0. The molecule has 3 saturated heterocycles. The summed E-state index contributed by atoms with van der Waals surface area (Å²) in [7, 11) is 2.32. The van der Waals surface area contributed by atoms with Crippen LogP contribution in [0, 0.1) is 0 Å². The lowest BCUT2D eigenvalue weighted by molar-refractivity contribution is 0.169. The summed E-state index contributed by atoms with van der Waals surface area (Å²) in [5, 5.41) is 7.33. The molecule has 23 heavy (non-hydrogen) atoms. The third kappa shape index (κ3) is 3.39. The Labute approximate surface area is 140 Å². The van der Waals surface area contributed by atoms with Crippen LogP contribution in [0.25, 0.3) is 0 Å². The van der Waals surface area contributed by atoms with Gasteiger partial charge < -0.3 is 15.5 Å². The molecule has 1 aromatic rings. The molecule has 0 aliphatic carbocycles. The molecule has 1 unspecified atom stereocenters. The summed E-state index contributed by atoms with van der Waals surface area (Å²) in [5.74, 6) is 0. The Balaban J connectivity index is 1.42. The van der Waals surface area contributed by atoms with Gasteiger partial charge in [0.2, 0.25) is 0 Å². The van der Waals surface area contributed by atoms with E-state index in [1.165, 1.54) is 36.9 Å². The second kappa shape index (κ2) is 6.80. The fraction of sp³-hybridized carbons (Fsp3) is 0.684. The van der Waals surface area contributed by atoms with Crippen LogP contribution >= 0.6 is 0 Å². The van der Waals surface area contributed by atoms with Gasteiger partial charge in [-0.25, -0.2) is 0 Å². The zero-order valence-corrected chi connectivity index (χ0v) is 14.3. The standard InChI is InChI=1S/C19H30N4/c1-22-17-6-7-18(22)13-16(12-17)21-19-5-3-2-4-15(19)14-23-10-8-20-9-11-23/h2-5,16-18,20-21H,6-14H2,1H3/t16?,17-,18+. The molecule has 2 N–H and O–H groups in total. The number of piperazine rings is 1. The molecule has 0 radical (unpaired) electrons. The van der Waals surface area contributed by atoms with E-state index in [1.54, 1.807) is 0 Å². The maximum atomic E-state index is 3.89. The van der Waals surface area contributed by atoms with Crippen molar-refractivity contribution in [2.45, 2.75) is 50.4 Å². The number of nitrogens with zero attached hydrogens (tertiary/aromatic N) is 2. The van der Waals surface area contributed by atoms with Crippen LogP contribution in [-0.4, -0.2) is 61.2 Å². The summed E-state index contributed by atoms with van der Waals surface area (Å²) in [6.45, 7) is 5.63. The highest BCUT2D eigenvalue weighted by Crippen LogP contribution is 2.35. The number of benzene rings is 1. The molecule has 2 bridgehead atoms. The summed E-state index contributed by atoms with van der Waals surface area (Å²) in [6, 6.07) is 11.2. The molecule has 0 aromatic heterocycles. The predicted octanol–water partition coefficient (Wildman–Crippen LogP) is 2.13. The maximum Gasteiger partial charge on any atom is 0.0388 e. The second-order valence-corrected chi connectivity index (χ2v) is 7.55. The van der Waals surface area contributed by atoms with E-state index < -0.39 is 0 Å². The molecular formula is C19H30N4. The van der Waals surface area contributed by atoms with Gasteiger partial charge in [-0.3, -0.25) is 4.90 Å². The van der Waals surface area contributed by atoms with E-state index in [9.17, 15) is 0 Å². The number of rotatable bonds is 4. The first kappa shape index (κ1) is 15.4. The van der Waals surface area contributed by atoms with Gasteiger partial charge in [-0.15, -0.1) is 0 Å². The quantitative estimate of drug-likeness (QED) is 0.891. The summed E-state index contributed by atoms with van der Waals surface area (Å²) < 4.78 is 0. The highest BCUT2D eigenvalue weighted by molar-refractivity contribution is 5.52. The Bertz CT molecular complexity index is 512. The van der Waals surface area contributed by atoms with Crippen molar-refractivity contribution >= 4 is 5.69 Å². The zero-order chi connectivity index (χ0) is 15.6. The SMILES string of the molecule is CN1[C@@H]2CC[C@H]1CC(Nc1ccccc1CN1CCNCC1)C2. The van der Waals surface area contributed by atoms with Gasteiger partial charge in [0, 0.05) is 56.5 Å². The number of hydrogen-bond donors (Lipinski definition) is 2. The van der Waals surface area contributed by atoms with Crippen molar-refractivity contribution in [3.05, 3.63) is 29.8 Å². The first-order valence-electron chi connectivity index (χ1n) is 9.29. The molecule has 4 nitrogen and oxygen atoms in total. The zero-order valence-electron chi connectivity index (χ0n) is 14.3. The first-order valence-corrected chi connectivity index (χ1v) is 9.29. The van der Waals surface area contributed by atoms with Gasteiger partial charge in [-0.2, -0.15) is 0 Å². The van der Waals surface area contributed by atoms with E-state index in [-0.39, 0.29) is 0 Å². The molecular weight excluding hydrogens is 284 g/mol. The van der Waals surface area contributed by atoms with Gasteiger partial charge in [-0.05, 0) is 44.4 Å². The fourth-order valence-electron chi connectivity index (χ4n) is 4.66. The van der Waals surface area contributed by atoms with Gasteiger partial charge in [-0.1, -0.05) is 18.2 Å². The lowest BCUT2D eigenvalue weighted by Gasteiger charge is -2.37. The lowest BCUT2D eigenvalue weighted by atomic mass is 9.97. The number of fused-ring (bicyclic) bond motifs is 2. The molecule has 3 fully saturated rings. The Hall–Kier alpha value is -1.10. The molecule has 126 valence electrons. The Morgan fingerprint density at radius 1 is 1.09 bits per heavy atom. The van der Waals surface area contributed by atoms with Gasteiger partial charge in [0.25, 0.3) is 0 Å². The van der Waals surface area contributed by atoms with Gasteiger partial charge in [0.1, 0.15) is 0 Å². The molecule has 3 aliphatic heterocycles. The number of nitrogens with one attached hydrogen (secondary N) is 2. The second-order valence-electron chi connectivity index (χ2n) is 7.55. The maximum absolute atomic E-state index is 3.89. The van der Waals surface area contributed by atoms with E-state index in [0.717, 1.165) is 44.8 Å². The largest absolute Gasteiger partial charge is 0.382 e. The van der Waals surface area contributed by atoms with Crippen molar-refractivity contribution in [1.82, 2.24) is 15.1 Å². The monoisotopic (exact) mass is 314 g/mol. The average Bonchev–Trinajstić information content (AvgIpc) is 2.79. The van der Waals surface area contributed by atoms with Crippen molar-refractivity contribution in [3.63, 3.8) is 0 Å². The van der Waals surface area contributed by atoms with Gasteiger partial charge >= 0.3 is 0 Å². The van der Waals surface area contributed by atoms with E-state index in [0.29, 0.717) is 6.04 Å². The molecule has 0 spiro atoms. The summed E-state index contributed by atoms with van der Waals surface area (Å²) in [6.07, 6.45) is 5.38. The molecule has 3 atom stereocenters. The van der Waals surface area contributed by atoms with Crippen molar-refractivity contribution in [1.29, 1.82) is 0 Å². The molecule has 0 saturated carbocycles. The molecule has 0 amide bonds. The number of hydrogen-bond acceptors (Lipinski definition) is 4. The highest BCUT2D eigenvalue weighted by Gasteiger charge is 2.38. The van der Waals surface area contributed by atoms with Crippen LogP contribution in [0.15, 0.2) is 24.3 Å². The topological polar surface area (TPSA) is 30.5 Å². The Kier molecular flexibility index (Phi) is 4.56. The van der Waals surface area contributed by atoms with Crippen molar-refractivity contribution in [2.24, 2.45) is 0 Å². The van der Waals surface area contributed by atoms with Crippen molar-refractivity contribution in [2.75, 3.05) is 38.5 Å². The molecule has 1 aromatic carbocycles. The van der Waals surface area contributed by atoms with Crippen LogP contribution in [0.5, 0.6) is 0 Å². The fourth-order valence-corrected chi connectivity index (χ4v) is 4.66. The lowest BCUT2D eigenvalue weighted by Crippen LogP contribution is -2.45. The van der Waals surface area contributed by atoms with E-state index in [4.69, 9.17) is 0 Å². The number of anilines is 1. The van der Waals surface area contributed by atoms with Crippen LogP contribution < -0.4 is 10.6 Å². The summed E-state index contributed by atoms with van der Waals surface area (Å²) in [4.78, 5) is 5.18. The van der Waals surface area contributed by atoms with E-state index in [2.05, 4.69) is 51.7 Å². The predicted molar refractivity (Wildman–Crippen MR) is 95.8 cm³/mol. The number of piperidine rings is 1. The number of para-hydroxylation sites is 1. The van der Waals surface area contributed by atoms with E-state index >= 15 is 0 Å². The minimum atomic E-state index is 0.646. The highest BCUT2D eigenvalue weighted by atomic mass is 15.2. The van der Waals surface area contributed by atoms with Crippen LogP contribution in [0.4, 0.5) is 5.69 Å². The molecule has 3 heterocycles. The molecule has 3 aliphatic rings. The van der Waals surface area contributed by atoms with Crippen LogP contribution in [0.3, 0.4) is 0 Å². The van der Waals surface area contributed by atoms with Crippen molar-refractivity contribution < 1.29 is 0 Å². The minimum absolute atomic E-state index is 0.646. The van der Waals surface area contributed by atoms with Gasteiger partial charge in [0.05, 0.1) is 0 Å². The van der Waals surface area contributed by atoms with Crippen LogP contribution in [-0.2, 0) is 6.54 Å². The average molecular weight is 314 g/mol. The normalized spacial score (nSPS) is 32.1. The third-order valence-electron chi connectivity index (χ3n) is 6.08. The smallest absolute Gasteiger partial charge is 0.0388 e. The third-order valence-corrected chi connectivity index (χ3v) is 6.08.